The Morgan fingerprint density at radius 3 is 2.50 bits per heavy atom. The van der Waals surface area contributed by atoms with Gasteiger partial charge in [-0.2, -0.15) is 0 Å². The van der Waals surface area contributed by atoms with Crippen molar-refractivity contribution in [2.24, 2.45) is 23.7 Å². The van der Waals surface area contributed by atoms with Crippen LogP contribution in [0.4, 0.5) is 5.69 Å². The summed E-state index contributed by atoms with van der Waals surface area (Å²) in [6, 6.07) is 5.14. The Bertz CT molecular complexity index is 1120. The predicted octanol–water partition coefficient (Wildman–Crippen LogP) is 3.62. The molecule has 0 aromatic heterocycles. The number of anilines is 1. The second-order valence-corrected chi connectivity index (χ2v) is 11.5. The first-order valence-electron chi connectivity index (χ1n) is 13.1. The number of nitrogens with zero attached hydrogens (tertiary/aromatic N) is 2. The molecule has 3 saturated heterocycles. The van der Waals surface area contributed by atoms with E-state index in [1.54, 1.807) is 35.2 Å². The lowest BCUT2D eigenvalue weighted by Gasteiger charge is -2.40. The average Bonchev–Trinajstić information content (AvgIpc) is 3.38. The van der Waals surface area contributed by atoms with Crippen molar-refractivity contribution in [1.82, 2.24) is 4.90 Å². The zero-order valence-corrected chi connectivity index (χ0v) is 23.2. The third-order valence-corrected chi connectivity index (χ3v) is 8.87. The molecule has 3 aliphatic heterocycles. The molecule has 2 amide bonds. The van der Waals surface area contributed by atoms with Crippen LogP contribution in [0.15, 0.2) is 49.6 Å². The fourth-order valence-corrected chi connectivity index (χ4v) is 6.87. The van der Waals surface area contributed by atoms with E-state index in [9.17, 15) is 19.5 Å². The maximum atomic E-state index is 14.6. The molecule has 7 atom stereocenters. The molecule has 3 heterocycles. The molecule has 4 rings (SSSR count). The Kier molecular flexibility index (Phi) is 7.81. The van der Waals surface area contributed by atoms with Crippen LogP contribution in [0, 0.1) is 23.7 Å². The standard InChI is InChI=1S/C29H37ClN2O6/c1-7-13-31(20-11-9-19(30)10-12-20)26(35)24-29-15-18(5)28(6,38-29)23(27(36)37-14-8-2)22(29)25(34)32(24)21(16-33)17(3)4/h7-12,17-18,21-24,33H,1-2,13-16H2,3-6H3/t18?,21-,22-,23-,24?,28+,29?/m0/s1. The van der Waals surface area contributed by atoms with E-state index in [0.717, 1.165) is 0 Å². The molecule has 1 aromatic rings. The SMILES string of the molecule is C=CCOC(=O)[C@@H]1[C@H]2C(=O)N([C@@H](CO)C(C)C)C(C(=O)N(CC=C)c3ccc(Cl)cc3)C23CC(C)[C@@]1(C)O3. The Labute approximate surface area is 229 Å². The van der Waals surface area contributed by atoms with Crippen molar-refractivity contribution in [3.8, 4) is 0 Å². The highest BCUT2D eigenvalue weighted by Gasteiger charge is 2.80. The average molecular weight is 545 g/mol. The number of halogens is 1. The lowest BCUT2D eigenvalue weighted by Crippen LogP contribution is -2.60. The van der Waals surface area contributed by atoms with Crippen LogP contribution in [0.25, 0.3) is 0 Å². The molecule has 2 bridgehead atoms. The van der Waals surface area contributed by atoms with Gasteiger partial charge < -0.3 is 24.4 Å². The summed E-state index contributed by atoms with van der Waals surface area (Å²) in [6.07, 6.45) is 3.50. The number of ether oxygens (including phenoxy) is 2. The zero-order chi connectivity index (χ0) is 28.0. The smallest absolute Gasteiger partial charge is 0.313 e. The summed E-state index contributed by atoms with van der Waals surface area (Å²) in [6.45, 7) is 14.9. The fraction of sp³-hybridized carbons (Fsp3) is 0.552. The molecule has 0 radical (unpaired) electrons. The van der Waals surface area contributed by atoms with E-state index < -0.39 is 41.1 Å². The van der Waals surface area contributed by atoms with Gasteiger partial charge in [-0.3, -0.25) is 14.4 Å². The molecule has 1 spiro atoms. The van der Waals surface area contributed by atoms with Crippen molar-refractivity contribution >= 4 is 35.1 Å². The van der Waals surface area contributed by atoms with Gasteiger partial charge in [-0.15, -0.1) is 6.58 Å². The van der Waals surface area contributed by atoms with Crippen LogP contribution >= 0.6 is 11.6 Å². The second-order valence-electron chi connectivity index (χ2n) is 11.1. The van der Waals surface area contributed by atoms with Gasteiger partial charge in [-0.25, -0.2) is 0 Å². The molecule has 0 aliphatic carbocycles. The topological polar surface area (TPSA) is 96.4 Å². The highest BCUT2D eigenvalue weighted by molar-refractivity contribution is 6.30. The summed E-state index contributed by atoms with van der Waals surface area (Å²) in [5, 5.41) is 10.9. The number of amides is 2. The summed E-state index contributed by atoms with van der Waals surface area (Å²) >= 11 is 6.10. The van der Waals surface area contributed by atoms with Crippen LogP contribution in [0.3, 0.4) is 0 Å². The number of likely N-dealkylation sites (tertiary alicyclic amines) is 1. The van der Waals surface area contributed by atoms with Gasteiger partial charge in [0, 0.05) is 17.3 Å². The van der Waals surface area contributed by atoms with Crippen molar-refractivity contribution in [1.29, 1.82) is 0 Å². The molecular weight excluding hydrogens is 508 g/mol. The number of hydrogen-bond acceptors (Lipinski definition) is 6. The van der Waals surface area contributed by atoms with Crippen LogP contribution in [-0.4, -0.2) is 70.8 Å². The number of carbonyl (C=O) groups is 3. The number of fused-ring (bicyclic) bond motifs is 1. The first-order chi connectivity index (χ1) is 18.0. The van der Waals surface area contributed by atoms with Crippen LogP contribution in [0.5, 0.6) is 0 Å². The van der Waals surface area contributed by atoms with Gasteiger partial charge in [0.05, 0.1) is 24.2 Å². The first-order valence-corrected chi connectivity index (χ1v) is 13.4. The highest BCUT2D eigenvalue weighted by atomic mass is 35.5. The van der Waals surface area contributed by atoms with Crippen molar-refractivity contribution in [3.63, 3.8) is 0 Å². The van der Waals surface area contributed by atoms with Crippen LogP contribution in [0.1, 0.15) is 34.1 Å². The van der Waals surface area contributed by atoms with E-state index in [1.807, 2.05) is 27.7 Å². The van der Waals surface area contributed by atoms with E-state index in [4.69, 9.17) is 21.1 Å². The van der Waals surface area contributed by atoms with Crippen molar-refractivity contribution in [2.75, 3.05) is 24.7 Å². The lowest BCUT2D eigenvalue weighted by molar-refractivity contribution is -0.162. The Morgan fingerprint density at radius 2 is 1.95 bits per heavy atom. The van der Waals surface area contributed by atoms with Gasteiger partial charge >= 0.3 is 5.97 Å². The van der Waals surface area contributed by atoms with E-state index in [0.29, 0.717) is 17.1 Å². The molecular formula is C29H37ClN2O6. The summed E-state index contributed by atoms with van der Waals surface area (Å²) in [5.41, 5.74) is -1.65. The third kappa shape index (κ3) is 4.17. The largest absolute Gasteiger partial charge is 0.461 e. The number of esters is 1. The van der Waals surface area contributed by atoms with Crippen LogP contribution in [-0.2, 0) is 23.9 Å². The number of aliphatic hydroxyl groups is 1. The monoisotopic (exact) mass is 544 g/mol. The van der Waals surface area contributed by atoms with E-state index in [-0.39, 0.29) is 43.4 Å². The molecule has 3 fully saturated rings. The van der Waals surface area contributed by atoms with Gasteiger partial charge in [0.1, 0.15) is 24.2 Å². The molecule has 3 unspecified atom stereocenters. The highest BCUT2D eigenvalue weighted by Crippen LogP contribution is 2.65. The quantitative estimate of drug-likeness (QED) is 0.357. The van der Waals surface area contributed by atoms with Gasteiger partial charge in [-0.05, 0) is 49.4 Å². The maximum absolute atomic E-state index is 14.6. The predicted molar refractivity (Wildman–Crippen MR) is 144 cm³/mol. The van der Waals surface area contributed by atoms with Crippen molar-refractivity contribution in [3.05, 3.63) is 54.6 Å². The maximum Gasteiger partial charge on any atom is 0.313 e. The Morgan fingerprint density at radius 1 is 1.29 bits per heavy atom. The molecule has 0 saturated carbocycles. The normalized spacial score (nSPS) is 32.3. The summed E-state index contributed by atoms with van der Waals surface area (Å²) in [4.78, 5) is 45.3. The molecule has 9 heteroatoms. The molecule has 206 valence electrons. The van der Waals surface area contributed by atoms with E-state index >= 15 is 0 Å². The number of benzene rings is 1. The van der Waals surface area contributed by atoms with Gasteiger partial charge in [0.25, 0.3) is 5.91 Å². The van der Waals surface area contributed by atoms with Crippen LogP contribution in [0.2, 0.25) is 5.02 Å². The molecule has 38 heavy (non-hydrogen) atoms. The molecule has 3 aliphatic rings. The van der Waals surface area contributed by atoms with Gasteiger partial charge in [0.15, 0.2) is 0 Å². The second kappa shape index (κ2) is 10.5. The summed E-state index contributed by atoms with van der Waals surface area (Å²) in [7, 11) is 0. The lowest BCUT2D eigenvalue weighted by atomic mass is 9.62. The van der Waals surface area contributed by atoms with Gasteiger partial charge in [-0.1, -0.05) is 51.1 Å². The number of hydrogen-bond donors (Lipinski definition) is 1. The summed E-state index contributed by atoms with van der Waals surface area (Å²) < 4.78 is 12.2. The minimum atomic E-state index is -1.26. The molecule has 1 N–H and O–H groups in total. The van der Waals surface area contributed by atoms with Crippen LogP contribution < -0.4 is 4.90 Å². The van der Waals surface area contributed by atoms with Crippen molar-refractivity contribution in [2.45, 2.75) is 57.4 Å². The minimum absolute atomic E-state index is 0.00865. The number of rotatable bonds is 10. The third-order valence-electron chi connectivity index (χ3n) is 8.61. The number of carbonyl (C=O) groups excluding carboxylic acids is 3. The molecule has 8 nitrogen and oxygen atoms in total. The Balaban J connectivity index is 1.88. The fourth-order valence-electron chi connectivity index (χ4n) is 6.74. The van der Waals surface area contributed by atoms with Crippen molar-refractivity contribution < 1.29 is 29.0 Å². The number of aliphatic hydroxyl groups excluding tert-OH is 1. The first kappa shape index (κ1) is 28.3. The van der Waals surface area contributed by atoms with Gasteiger partial charge in [0.2, 0.25) is 5.91 Å². The molecule has 1 aromatic carbocycles. The minimum Gasteiger partial charge on any atom is -0.461 e. The zero-order valence-electron chi connectivity index (χ0n) is 22.4. The Hall–Kier alpha value is -2.68. The summed E-state index contributed by atoms with van der Waals surface area (Å²) in [5.74, 6) is -3.38. The van der Waals surface area contributed by atoms with E-state index in [2.05, 4.69) is 13.2 Å². The van der Waals surface area contributed by atoms with E-state index in [1.165, 1.54) is 11.0 Å².